The van der Waals surface area contributed by atoms with Crippen molar-refractivity contribution >= 4 is 17.2 Å². The molecule has 0 amide bonds. The Morgan fingerprint density at radius 1 is 1.00 bits per heavy atom. The highest BCUT2D eigenvalue weighted by Crippen LogP contribution is 2.44. The van der Waals surface area contributed by atoms with Gasteiger partial charge in [-0.15, -0.1) is 10.2 Å². The molecule has 0 aliphatic carbocycles. The lowest BCUT2D eigenvalue weighted by atomic mass is 10.1. The van der Waals surface area contributed by atoms with E-state index in [2.05, 4.69) is 32.1 Å². The molecule has 21 heavy (non-hydrogen) atoms. The van der Waals surface area contributed by atoms with E-state index in [-0.39, 0.29) is 0 Å². The quantitative estimate of drug-likeness (QED) is 0.802. The molecule has 2 aliphatic rings. The van der Waals surface area contributed by atoms with Crippen LogP contribution in [0.2, 0.25) is 0 Å². The number of nitrogens with zero attached hydrogens (tertiary/aromatic N) is 4. The predicted octanol–water partition coefficient (Wildman–Crippen LogP) is 3.34. The third-order valence-electron chi connectivity index (χ3n) is 4.20. The molecule has 1 aromatic carbocycles. The number of fused-ring (bicyclic) bond motifs is 2. The van der Waals surface area contributed by atoms with Gasteiger partial charge in [-0.3, -0.25) is 0 Å². The highest BCUT2D eigenvalue weighted by molar-refractivity contribution is 5.77. The van der Waals surface area contributed by atoms with Gasteiger partial charge < -0.3 is 14.5 Å². The van der Waals surface area contributed by atoms with Crippen molar-refractivity contribution in [2.45, 2.75) is 19.3 Å². The molecule has 0 atom stereocenters. The Morgan fingerprint density at radius 3 is 2.67 bits per heavy atom. The first-order valence-electron chi connectivity index (χ1n) is 7.46. The van der Waals surface area contributed by atoms with Crippen LogP contribution in [0.15, 0.2) is 30.3 Å². The third kappa shape index (κ3) is 2.09. The smallest absolute Gasteiger partial charge is 0.263 e. The molecule has 2 aliphatic heterocycles. The van der Waals surface area contributed by atoms with Gasteiger partial charge in [0.1, 0.15) is 5.69 Å². The Morgan fingerprint density at radius 2 is 1.81 bits per heavy atom. The number of piperidine rings is 1. The average molecular weight is 282 g/mol. The van der Waals surface area contributed by atoms with E-state index in [0.29, 0.717) is 5.88 Å². The van der Waals surface area contributed by atoms with Gasteiger partial charge in [-0.05, 0) is 31.4 Å². The van der Waals surface area contributed by atoms with Crippen LogP contribution in [0, 0.1) is 0 Å². The van der Waals surface area contributed by atoms with E-state index in [1.807, 2.05) is 25.2 Å². The molecule has 0 bridgehead atoms. The molecular weight excluding hydrogens is 264 g/mol. The summed E-state index contributed by atoms with van der Waals surface area (Å²) in [5.41, 5.74) is 2.03. The van der Waals surface area contributed by atoms with Crippen LogP contribution in [0.25, 0.3) is 0 Å². The molecule has 2 aromatic rings. The van der Waals surface area contributed by atoms with Crippen LogP contribution in [0.1, 0.15) is 19.3 Å². The lowest BCUT2D eigenvalue weighted by Gasteiger charge is -2.31. The largest absolute Gasteiger partial charge is 0.434 e. The standard InChI is InChI=1S/C16H18N4O/c1-19-12-7-3-4-8-14(12)21-16-13(19)11-15(17-18-16)20-9-5-2-6-10-20/h3-4,7-8,11H,2,5-6,9-10H2,1H3. The second kappa shape index (κ2) is 4.91. The third-order valence-corrected chi connectivity index (χ3v) is 4.20. The summed E-state index contributed by atoms with van der Waals surface area (Å²) in [6, 6.07) is 10.1. The van der Waals surface area contributed by atoms with Crippen molar-refractivity contribution in [1.29, 1.82) is 0 Å². The van der Waals surface area contributed by atoms with E-state index in [9.17, 15) is 0 Å². The minimum atomic E-state index is 0.581. The summed E-state index contributed by atoms with van der Waals surface area (Å²) in [6.07, 6.45) is 3.77. The van der Waals surface area contributed by atoms with Crippen LogP contribution >= 0.6 is 0 Å². The van der Waals surface area contributed by atoms with Crippen LogP contribution in [0.4, 0.5) is 17.2 Å². The number of para-hydroxylation sites is 2. The Bertz CT molecular complexity index is 667. The summed E-state index contributed by atoms with van der Waals surface area (Å²) in [5.74, 6) is 2.35. The maximum atomic E-state index is 5.86. The summed E-state index contributed by atoms with van der Waals surface area (Å²) in [4.78, 5) is 4.43. The zero-order chi connectivity index (χ0) is 14.2. The van der Waals surface area contributed by atoms with Gasteiger partial charge in [0.05, 0.1) is 5.69 Å². The van der Waals surface area contributed by atoms with Gasteiger partial charge in [-0.2, -0.15) is 0 Å². The van der Waals surface area contributed by atoms with Crippen molar-refractivity contribution in [3.05, 3.63) is 30.3 Å². The lowest BCUT2D eigenvalue weighted by Crippen LogP contribution is -2.30. The fourth-order valence-corrected chi connectivity index (χ4v) is 3.01. The molecule has 5 nitrogen and oxygen atoms in total. The molecule has 1 aromatic heterocycles. The summed E-state index contributed by atoms with van der Waals surface area (Å²) in [5, 5.41) is 8.64. The zero-order valence-electron chi connectivity index (χ0n) is 12.1. The maximum Gasteiger partial charge on any atom is 0.263 e. The minimum Gasteiger partial charge on any atom is -0.434 e. The van der Waals surface area contributed by atoms with Crippen LogP contribution in [0.3, 0.4) is 0 Å². The monoisotopic (exact) mass is 282 g/mol. The van der Waals surface area contributed by atoms with Crippen molar-refractivity contribution in [3.8, 4) is 11.6 Å². The second-order valence-corrected chi connectivity index (χ2v) is 5.57. The van der Waals surface area contributed by atoms with Crippen LogP contribution in [0.5, 0.6) is 11.6 Å². The van der Waals surface area contributed by atoms with E-state index in [1.165, 1.54) is 19.3 Å². The van der Waals surface area contributed by atoms with Crippen LogP contribution in [-0.4, -0.2) is 30.3 Å². The number of benzene rings is 1. The van der Waals surface area contributed by atoms with E-state index in [4.69, 9.17) is 4.74 Å². The van der Waals surface area contributed by atoms with Crippen molar-refractivity contribution in [1.82, 2.24) is 10.2 Å². The molecule has 0 spiro atoms. The molecule has 0 N–H and O–H groups in total. The Hall–Kier alpha value is -2.30. The highest BCUT2D eigenvalue weighted by atomic mass is 16.5. The zero-order valence-corrected chi connectivity index (χ0v) is 12.1. The molecule has 1 fully saturated rings. The molecule has 0 unspecified atom stereocenters. The fraction of sp³-hybridized carbons (Fsp3) is 0.375. The molecule has 0 saturated carbocycles. The first kappa shape index (κ1) is 12.4. The maximum absolute atomic E-state index is 5.86. The van der Waals surface area contributed by atoms with Gasteiger partial charge >= 0.3 is 0 Å². The van der Waals surface area contributed by atoms with Crippen molar-refractivity contribution in [3.63, 3.8) is 0 Å². The van der Waals surface area contributed by atoms with Gasteiger partial charge in [-0.25, -0.2) is 0 Å². The minimum absolute atomic E-state index is 0.581. The summed E-state index contributed by atoms with van der Waals surface area (Å²) in [7, 11) is 2.04. The Kier molecular flexibility index (Phi) is 2.91. The van der Waals surface area contributed by atoms with Gasteiger partial charge in [0.25, 0.3) is 5.88 Å². The number of aromatic nitrogens is 2. The average Bonchev–Trinajstić information content (AvgIpc) is 2.56. The van der Waals surface area contributed by atoms with Crippen LogP contribution in [-0.2, 0) is 0 Å². The number of ether oxygens (including phenoxy) is 1. The summed E-state index contributed by atoms with van der Waals surface area (Å²) in [6.45, 7) is 2.13. The van der Waals surface area contributed by atoms with Gasteiger partial charge in [0.2, 0.25) is 0 Å². The number of hydrogen-bond donors (Lipinski definition) is 0. The number of rotatable bonds is 1. The SMILES string of the molecule is CN1c2ccccc2Oc2nnc(N3CCCCC3)cc21. The summed E-state index contributed by atoms with van der Waals surface area (Å²) < 4.78 is 5.86. The first-order valence-corrected chi connectivity index (χ1v) is 7.46. The number of hydrogen-bond acceptors (Lipinski definition) is 5. The molecule has 4 rings (SSSR count). The summed E-state index contributed by atoms with van der Waals surface area (Å²) >= 11 is 0. The van der Waals surface area contributed by atoms with E-state index in [1.54, 1.807) is 0 Å². The normalized spacial score (nSPS) is 17.0. The topological polar surface area (TPSA) is 41.5 Å². The van der Waals surface area contributed by atoms with Gasteiger partial charge in [0.15, 0.2) is 11.6 Å². The molecule has 1 saturated heterocycles. The van der Waals surface area contributed by atoms with Gasteiger partial charge in [-0.1, -0.05) is 12.1 Å². The van der Waals surface area contributed by atoms with E-state index < -0.39 is 0 Å². The predicted molar refractivity (Wildman–Crippen MR) is 82.7 cm³/mol. The van der Waals surface area contributed by atoms with Crippen molar-refractivity contribution < 1.29 is 4.74 Å². The lowest BCUT2D eigenvalue weighted by molar-refractivity contribution is 0.447. The van der Waals surface area contributed by atoms with Crippen molar-refractivity contribution in [2.75, 3.05) is 29.9 Å². The molecule has 3 heterocycles. The first-order chi connectivity index (χ1) is 10.3. The molecule has 108 valence electrons. The van der Waals surface area contributed by atoms with Crippen molar-refractivity contribution in [2.24, 2.45) is 0 Å². The Labute approximate surface area is 124 Å². The fourth-order valence-electron chi connectivity index (χ4n) is 3.01. The van der Waals surface area contributed by atoms with E-state index >= 15 is 0 Å². The van der Waals surface area contributed by atoms with Gasteiger partial charge in [0, 0.05) is 26.2 Å². The molecular formula is C16H18N4O. The number of anilines is 3. The van der Waals surface area contributed by atoms with E-state index in [0.717, 1.165) is 36.0 Å². The highest BCUT2D eigenvalue weighted by Gasteiger charge is 2.24. The van der Waals surface area contributed by atoms with Crippen LogP contribution < -0.4 is 14.5 Å². The Balaban J connectivity index is 1.71. The second-order valence-electron chi connectivity index (χ2n) is 5.57. The molecule has 5 heteroatoms. The molecule has 0 radical (unpaired) electrons.